The van der Waals surface area contributed by atoms with Gasteiger partial charge in [0.2, 0.25) is 0 Å². The summed E-state index contributed by atoms with van der Waals surface area (Å²) in [6.07, 6.45) is 8.47. The van der Waals surface area contributed by atoms with Crippen LogP contribution in [0, 0.1) is 11.8 Å². The van der Waals surface area contributed by atoms with Crippen LogP contribution in [0.3, 0.4) is 0 Å². The van der Waals surface area contributed by atoms with E-state index in [0.717, 1.165) is 17.9 Å². The lowest BCUT2D eigenvalue weighted by atomic mass is 9.85. The summed E-state index contributed by atoms with van der Waals surface area (Å²) in [6, 6.07) is 0.814. The first-order valence-electron chi connectivity index (χ1n) is 6.80. The van der Waals surface area contributed by atoms with Crippen molar-refractivity contribution in [2.24, 2.45) is 11.8 Å². The van der Waals surface area contributed by atoms with Crippen LogP contribution in [0.15, 0.2) is 0 Å². The lowest BCUT2D eigenvalue weighted by Crippen LogP contribution is -2.42. The Hall–Kier alpha value is -0.0800. The maximum Gasteiger partial charge on any atom is 0.00928 e. The fourth-order valence-corrected chi connectivity index (χ4v) is 3.02. The molecule has 2 fully saturated rings. The average Bonchev–Trinajstić information content (AvgIpc) is 2.29. The molecule has 2 rings (SSSR count). The van der Waals surface area contributed by atoms with Crippen LogP contribution in [0.2, 0.25) is 0 Å². The highest BCUT2D eigenvalue weighted by atomic mass is 14.9. The van der Waals surface area contributed by atoms with Crippen LogP contribution in [0.4, 0.5) is 0 Å². The van der Waals surface area contributed by atoms with Crippen LogP contribution in [0.1, 0.15) is 45.4 Å². The molecule has 2 heteroatoms. The van der Waals surface area contributed by atoms with E-state index in [9.17, 15) is 0 Å². The van der Waals surface area contributed by atoms with Crippen molar-refractivity contribution in [1.29, 1.82) is 0 Å². The Bertz CT molecular complexity index is 175. The van der Waals surface area contributed by atoms with Crippen LogP contribution in [-0.4, -0.2) is 25.7 Å². The zero-order valence-electron chi connectivity index (χ0n) is 10.1. The molecule has 2 N–H and O–H groups in total. The van der Waals surface area contributed by atoms with Gasteiger partial charge in [0.05, 0.1) is 0 Å². The molecule has 0 aromatic rings. The van der Waals surface area contributed by atoms with Crippen molar-refractivity contribution < 1.29 is 0 Å². The summed E-state index contributed by atoms with van der Waals surface area (Å²) in [5, 5.41) is 7.25. The van der Waals surface area contributed by atoms with Crippen LogP contribution in [0.5, 0.6) is 0 Å². The third kappa shape index (κ3) is 3.46. The topological polar surface area (TPSA) is 24.1 Å². The molecule has 1 saturated heterocycles. The molecule has 0 aromatic carbocycles. The molecule has 1 saturated carbocycles. The first kappa shape index (κ1) is 11.4. The molecule has 2 atom stereocenters. The fraction of sp³-hybridized carbons (Fsp3) is 1.00. The second kappa shape index (κ2) is 5.86. The van der Waals surface area contributed by atoms with E-state index in [1.807, 2.05) is 0 Å². The van der Waals surface area contributed by atoms with Gasteiger partial charge in [0.15, 0.2) is 0 Å². The Balaban J connectivity index is 1.67. The predicted molar refractivity (Wildman–Crippen MR) is 65.0 cm³/mol. The van der Waals surface area contributed by atoms with Crippen LogP contribution in [-0.2, 0) is 0 Å². The lowest BCUT2D eigenvalue weighted by Gasteiger charge is -2.32. The van der Waals surface area contributed by atoms with Gasteiger partial charge in [0, 0.05) is 6.04 Å². The molecule has 1 aliphatic heterocycles. The fourth-order valence-electron chi connectivity index (χ4n) is 3.02. The maximum atomic E-state index is 3.81. The second-order valence-corrected chi connectivity index (χ2v) is 5.47. The van der Waals surface area contributed by atoms with Crippen LogP contribution in [0.25, 0.3) is 0 Å². The third-order valence-electron chi connectivity index (χ3n) is 4.24. The van der Waals surface area contributed by atoms with E-state index in [1.54, 1.807) is 0 Å². The maximum absolute atomic E-state index is 3.81. The van der Waals surface area contributed by atoms with Gasteiger partial charge >= 0.3 is 0 Å². The molecular weight excluding hydrogens is 184 g/mol. The predicted octanol–water partition coefficient (Wildman–Crippen LogP) is 2.15. The lowest BCUT2D eigenvalue weighted by molar-refractivity contribution is 0.254. The molecule has 0 bridgehead atoms. The molecule has 2 aliphatic rings. The summed E-state index contributed by atoms with van der Waals surface area (Å²) in [5.74, 6) is 1.83. The average molecular weight is 210 g/mol. The summed E-state index contributed by atoms with van der Waals surface area (Å²) in [6.45, 7) is 6.13. The van der Waals surface area contributed by atoms with Gasteiger partial charge in [-0.3, -0.25) is 0 Å². The quantitative estimate of drug-likeness (QED) is 0.746. The summed E-state index contributed by atoms with van der Waals surface area (Å²) in [4.78, 5) is 0. The molecule has 0 aromatic heterocycles. The van der Waals surface area contributed by atoms with Crippen molar-refractivity contribution in [1.82, 2.24) is 10.6 Å². The van der Waals surface area contributed by atoms with Gasteiger partial charge in [-0.25, -0.2) is 0 Å². The highest BCUT2D eigenvalue weighted by molar-refractivity contribution is 4.80. The monoisotopic (exact) mass is 210 g/mol. The van der Waals surface area contributed by atoms with Gasteiger partial charge < -0.3 is 10.6 Å². The van der Waals surface area contributed by atoms with Crippen molar-refractivity contribution in [3.8, 4) is 0 Å². The second-order valence-electron chi connectivity index (χ2n) is 5.47. The smallest absolute Gasteiger partial charge is 0.00928 e. The number of hydrogen-bond donors (Lipinski definition) is 2. The summed E-state index contributed by atoms with van der Waals surface area (Å²) >= 11 is 0. The van der Waals surface area contributed by atoms with Crippen LogP contribution >= 0.6 is 0 Å². The van der Waals surface area contributed by atoms with E-state index >= 15 is 0 Å². The highest BCUT2D eigenvalue weighted by Gasteiger charge is 2.22. The normalized spacial score (nSPS) is 34.2. The zero-order chi connectivity index (χ0) is 10.5. The Kier molecular flexibility index (Phi) is 4.45. The third-order valence-corrected chi connectivity index (χ3v) is 4.24. The van der Waals surface area contributed by atoms with Crippen molar-refractivity contribution in [3.05, 3.63) is 0 Å². The van der Waals surface area contributed by atoms with Gasteiger partial charge in [0.1, 0.15) is 0 Å². The first-order valence-corrected chi connectivity index (χ1v) is 6.80. The Morgan fingerprint density at radius 3 is 2.53 bits per heavy atom. The van der Waals surface area contributed by atoms with Crippen molar-refractivity contribution in [2.75, 3.05) is 19.6 Å². The van der Waals surface area contributed by atoms with Crippen molar-refractivity contribution in [2.45, 2.75) is 51.5 Å². The molecule has 0 amide bonds. The number of hydrogen-bond acceptors (Lipinski definition) is 2. The first-order chi connectivity index (χ1) is 7.36. The highest BCUT2D eigenvalue weighted by Crippen LogP contribution is 2.24. The minimum absolute atomic E-state index is 0.814. The summed E-state index contributed by atoms with van der Waals surface area (Å²) in [7, 11) is 0. The molecular formula is C13H26N2. The van der Waals surface area contributed by atoms with Gasteiger partial charge in [0.25, 0.3) is 0 Å². The van der Waals surface area contributed by atoms with Crippen molar-refractivity contribution in [3.63, 3.8) is 0 Å². The Morgan fingerprint density at radius 2 is 1.80 bits per heavy atom. The van der Waals surface area contributed by atoms with Gasteiger partial charge in [-0.2, -0.15) is 0 Å². The minimum Gasteiger partial charge on any atom is -0.317 e. The summed E-state index contributed by atoms with van der Waals surface area (Å²) in [5.41, 5.74) is 0. The van der Waals surface area contributed by atoms with Gasteiger partial charge in [-0.15, -0.1) is 0 Å². The van der Waals surface area contributed by atoms with E-state index in [4.69, 9.17) is 0 Å². The van der Waals surface area contributed by atoms with Gasteiger partial charge in [-0.1, -0.05) is 19.8 Å². The zero-order valence-corrected chi connectivity index (χ0v) is 10.1. The number of rotatable bonds is 3. The molecule has 0 spiro atoms. The molecule has 0 radical (unpaired) electrons. The van der Waals surface area contributed by atoms with Crippen LogP contribution < -0.4 is 10.6 Å². The standard InChI is InChI=1S/C13H26N2/c1-11-4-2-3-5-13(11)15-10-12-6-8-14-9-7-12/h11-15H,2-10H2,1H3. The number of nitrogens with one attached hydrogen (secondary N) is 2. The van der Waals surface area contributed by atoms with Crippen molar-refractivity contribution >= 4 is 0 Å². The largest absolute Gasteiger partial charge is 0.317 e. The summed E-state index contributed by atoms with van der Waals surface area (Å²) < 4.78 is 0. The Morgan fingerprint density at radius 1 is 1.07 bits per heavy atom. The van der Waals surface area contributed by atoms with Gasteiger partial charge in [-0.05, 0) is 57.2 Å². The molecule has 15 heavy (non-hydrogen) atoms. The molecule has 1 aliphatic carbocycles. The molecule has 1 heterocycles. The molecule has 2 unspecified atom stereocenters. The minimum atomic E-state index is 0.814. The van der Waals surface area contributed by atoms with E-state index in [1.165, 1.54) is 58.2 Å². The molecule has 2 nitrogen and oxygen atoms in total. The van der Waals surface area contributed by atoms with E-state index < -0.39 is 0 Å². The van der Waals surface area contributed by atoms with E-state index in [-0.39, 0.29) is 0 Å². The number of piperidine rings is 1. The SMILES string of the molecule is CC1CCCCC1NCC1CCNCC1. The van der Waals surface area contributed by atoms with E-state index in [2.05, 4.69) is 17.6 Å². The molecule has 88 valence electrons. The van der Waals surface area contributed by atoms with E-state index in [0.29, 0.717) is 0 Å². The Labute approximate surface area is 94.2 Å².